The van der Waals surface area contributed by atoms with E-state index in [1.54, 1.807) is 27.9 Å². The van der Waals surface area contributed by atoms with E-state index in [-0.39, 0.29) is 5.75 Å². The maximum atomic E-state index is 12.2. The summed E-state index contributed by atoms with van der Waals surface area (Å²) in [5.41, 5.74) is 1.17. The van der Waals surface area contributed by atoms with E-state index in [9.17, 15) is 8.42 Å². The third kappa shape index (κ3) is 8.51. The first-order valence-electron chi connectivity index (χ1n) is 10.2. The van der Waals surface area contributed by atoms with Crippen LogP contribution in [0.25, 0.3) is 0 Å². The minimum atomic E-state index is -3.15. The van der Waals surface area contributed by atoms with Gasteiger partial charge in [0, 0.05) is 19.6 Å². The van der Waals surface area contributed by atoms with E-state index >= 15 is 0 Å². The summed E-state index contributed by atoms with van der Waals surface area (Å²) in [5, 5.41) is 6.27. The van der Waals surface area contributed by atoms with Gasteiger partial charge in [-0.25, -0.2) is 8.42 Å². The Morgan fingerprint density at radius 2 is 1.86 bits per heavy atom. The first-order chi connectivity index (χ1) is 13.6. The Morgan fingerprint density at radius 3 is 2.45 bits per heavy atom. The number of aryl methyl sites for hydroxylation is 1. The van der Waals surface area contributed by atoms with E-state index in [0.717, 1.165) is 24.3 Å². The van der Waals surface area contributed by atoms with Crippen LogP contribution in [-0.2, 0) is 16.3 Å². The first-order valence-corrected chi connectivity index (χ1v) is 11.8. The van der Waals surface area contributed by atoms with Crippen molar-refractivity contribution in [1.29, 1.82) is 0 Å². The number of aliphatic imine (C=N–C) groups is 1. The van der Waals surface area contributed by atoms with Crippen molar-refractivity contribution in [3.8, 4) is 11.5 Å². The Balaban J connectivity index is 2.57. The average molecular weight is 428 g/mol. The number of hydrogen-bond acceptors (Lipinski definition) is 5. The number of benzene rings is 1. The molecular weight excluding hydrogens is 390 g/mol. The van der Waals surface area contributed by atoms with E-state index in [4.69, 9.17) is 9.47 Å². The topological polar surface area (TPSA) is 89.0 Å². The Labute approximate surface area is 176 Å². The normalized spacial score (nSPS) is 12.6. The van der Waals surface area contributed by atoms with Gasteiger partial charge in [-0.05, 0) is 65.2 Å². The predicted octanol–water partition coefficient (Wildman–Crippen LogP) is 2.79. The van der Waals surface area contributed by atoms with Crippen molar-refractivity contribution in [1.82, 2.24) is 10.6 Å². The van der Waals surface area contributed by atoms with Gasteiger partial charge in [0.15, 0.2) is 27.3 Å². The molecule has 0 spiro atoms. The van der Waals surface area contributed by atoms with Crippen molar-refractivity contribution in [2.75, 3.05) is 39.1 Å². The van der Waals surface area contributed by atoms with Gasteiger partial charge in [0.25, 0.3) is 0 Å². The molecular formula is C21H37N3O4S. The lowest BCUT2D eigenvalue weighted by Crippen LogP contribution is -2.41. The highest BCUT2D eigenvalue weighted by atomic mass is 32.2. The molecule has 0 amide bonds. The fourth-order valence-electron chi connectivity index (χ4n) is 2.57. The third-order valence-electron chi connectivity index (χ3n) is 4.36. The van der Waals surface area contributed by atoms with Crippen LogP contribution in [0.15, 0.2) is 23.2 Å². The Hall–Kier alpha value is -1.96. The Morgan fingerprint density at radius 1 is 1.14 bits per heavy atom. The highest BCUT2D eigenvalue weighted by Gasteiger charge is 2.28. The molecule has 0 atom stereocenters. The maximum Gasteiger partial charge on any atom is 0.191 e. The third-order valence-corrected chi connectivity index (χ3v) is 6.97. The second kappa shape index (κ2) is 11.9. The smallest absolute Gasteiger partial charge is 0.191 e. The van der Waals surface area contributed by atoms with Crippen LogP contribution in [0, 0.1) is 0 Å². The van der Waals surface area contributed by atoms with E-state index < -0.39 is 14.6 Å². The largest absolute Gasteiger partial charge is 0.493 e. The van der Waals surface area contributed by atoms with Crippen molar-refractivity contribution in [3.63, 3.8) is 0 Å². The zero-order valence-corrected chi connectivity index (χ0v) is 19.5. The number of methoxy groups -OCH3 is 1. The summed E-state index contributed by atoms with van der Waals surface area (Å²) in [6.45, 7) is 11.4. The SMILES string of the molecule is CCNC(=NCCCc1ccc(OC)c(OCC)c1)NCCS(=O)(=O)C(C)(C)C. The molecule has 0 saturated heterocycles. The minimum absolute atomic E-state index is 0.0764. The molecule has 0 aliphatic rings. The number of nitrogens with zero attached hydrogens (tertiary/aromatic N) is 1. The molecule has 0 bridgehead atoms. The van der Waals surface area contributed by atoms with Crippen LogP contribution in [0.3, 0.4) is 0 Å². The van der Waals surface area contributed by atoms with Crippen molar-refractivity contribution >= 4 is 15.8 Å². The van der Waals surface area contributed by atoms with Gasteiger partial charge in [-0.2, -0.15) is 0 Å². The lowest BCUT2D eigenvalue weighted by Gasteiger charge is -2.19. The molecule has 2 N–H and O–H groups in total. The summed E-state index contributed by atoms with van der Waals surface area (Å²) >= 11 is 0. The number of guanidine groups is 1. The van der Waals surface area contributed by atoms with Crippen molar-refractivity contribution < 1.29 is 17.9 Å². The number of ether oxygens (including phenoxy) is 2. The summed E-state index contributed by atoms with van der Waals surface area (Å²) in [6, 6.07) is 5.96. The van der Waals surface area contributed by atoms with Crippen molar-refractivity contribution in [2.24, 2.45) is 4.99 Å². The second-order valence-electron chi connectivity index (χ2n) is 7.64. The molecule has 0 aromatic heterocycles. The molecule has 0 aliphatic carbocycles. The highest BCUT2D eigenvalue weighted by molar-refractivity contribution is 7.92. The zero-order valence-electron chi connectivity index (χ0n) is 18.7. The summed E-state index contributed by atoms with van der Waals surface area (Å²) in [5.74, 6) is 2.21. The lowest BCUT2D eigenvalue weighted by molar-refractivity contribution is 0.310. The first kappa shape index (κ1) is 25.1. The van der Waals surface area contributed by atoms with Crippen LogP contribution in [0.4, 0.5) is 0 Å². The standard InChI is InChI=1S/C21H37N3O4S/c1-7-22-20(24-14-15-29(25,26)21(3,4)5)23-13-9-10-17-11-12-18(27-6)19(16-17)28-8-2/h11-12,16H,7-10,13-15H2,1-6H3,(H2,22,23,24). The molecule has 0 fully saturated rings. The number of hydrogen-bond donors (Lipinski definition) is 2. The van der Waals surface area contributed by atoms with Gasteiger partial charge in [-0.15, -0.1) is 0 Å². The number of rotatable bonds is 11. The van der Waals surface area contributed by atoms with Crippen LogP contribution >= 0.6 is 0 Å². The van der Waals surface area contributed by atoms with E-state index in [1.165, 1.54) is 5.56 Å². The van der Waals surface area contributed by atoms with Crippen molar-refractivity contribution in [2.45, 2.75) is 52.2 Å². The Kier molecular flexibility index (Phi) is 10.3. The molecule has 8 heteroatoms. The molecule has 29 heavy (non-hydrogen) atoms. The maximum absolute atomic E-state index is 12.2. The molecule has 0 radical (unpaired) electrons. The fraction of sp³-hybridized carbons (Fsp3) is 0.667. The summed E-state index contributed by atoms with van der Waals surface area (Å²) in [6.07, 6.45) is 1.74. The number of sulfone groups is 1. The molecule has 0 heterocycles. The van der Waals surface area contributed by atoms with Gasteiger partial charge < -0.3 is 20.1 Å². The summed E-state index contributed by atoms with van der Waals surface area (Å²) in [4.78, 5) is 4.55. The second-order valence-corrected chi connectivity index (χ2v) is 10.5. The quantitative estimate of drug-likeness (QED) is 0.321. The van der Waals surface area contributed by atoms with E-state index in [2.05, 4.69) is 15.6 Å². The predicted molar refractivity (Wildman–Crippen MR) is 120 cm³/mol. The van der Waals surface area contributed by atoms with E-state index in [1.807, 2.05) is 32.0 Å². The van der Waals surface area contributed by atoms with Crippen LogP contribution in [-0.4, -0.2) is 58.2 Å². The van der Waals surface area contributed by atoms with E-state index in [0.29, 0.717) is 32.2 Å². The Bertz CT molecular complexity index is 756. The molecule has 0 aliphatic heterocycles. The van der Waals surface area contributed by atoms with Gasteiger partial charge in [-0.3, -0.25) is 4.99 Å². The molecule has 7 nitrogen and oxygen atoms in total. The monoisotopic (exact) mass is 427 g/mol. The van der Waals surface area contributed by atoms with Crippen LogP contribution in [0.1, 0.15) is 46.6 Å². The summed E-state index contributed by atoms with van der Waals surface area (Å²) < 4.78 is 34.6. The zero-order chi connectivity index (χ0) is 21.9. The molecule has 1 aromatic carbocycles. The molecule has 0 saturated carbocycles. The highest BCUT2D eigenvalue weighted by Crippen LogP contribution is 2.28. The molecule has 1 rings (SSSR count). The lowest BCUT2D eigenvalue weighted by atomic mass is 10.1. The fourth-order valence-corrected chi connectivity index (χ4v) is 3.55. The molecule has 0 unspecified atom stereocenters. The molecule has 166 valence electrons. The average Bonchev–Trinajstić information content (AvgIpc) is 2.64. The van der Waals surface area contributed by atoms with Gasteiger partial charge in [0.2, 0.25) is 0 Å². The van der Waals surface area contributed by atoms with Crippen LogP contribution in [0.2, 0.25) is 0 Å². The van der Waals surface area contributed by atoms with Gasteiger partial charge in [0.1, 0.15) is 0 Å². The minimum Gasteiger partial charge on any atom is -0.493 e. The van der Waals surface area contributed by atoms with Crippen molar-refractivity contribution in [3.05, 3.63) is 23.8 Å². The number of nitrogens with one attached hydrogen (secondary N) is 2. The van der Waals surface area contributed by atoms with Gasteiger partial charge in [-0.1, -0.05) is 6.07 Å². The van der Waals surface area contributed by atoms with Gasteiger partial charge >= 0.3 is 0 Å². The van der Waals surface area contributed by atoms with Gasteiger partial charge in [0.05, 0.1) is 24.2 Å². The van der Waals surface area contributed by atoms with Crippen LogP contribution in [0.5, 0.6) is 11.5 Å². The molecule has 1 aromatic rings. The van der Waals surface area contributed by atoms with Crippen LogP contribution < -0.4 is 20.1 Å². The summed E-state index contributed by atoms with van der Waals surface area (Å²) in [7, 11) is -1.52.